The minimum absolute atomic E-state index is 0.121. The number of hydrogen-bond donors (Lipinski definition) is 3. The summed E-state index contributed by atoms with van der Waals surface area (Å²) in [6, 6.07) is 14.3. The molecule has 0 saturated carbocycles. The van der Waals surface area contributed by atoms with Crippen LogP contribution in [0.4, 0.5) is 5.69 Å². The molecule has 0 unspecified atom stereocenters. The van der Waals surface area contributed by atoms with Gasteiger partial charge in [0.15, 0.2) is 6.61 Å². The highest BCUT2D eigenvalue weighted by atomic mass is 16.5. The maximum Gasteiger partial charge on any atom is 0.262 e. The zero-order chi connectivity index (χ0) is 22.5. The second kappa shape index (κ2) is 12.8. The first kappa shape index (κ1) is 23.6. The van der Waals surface area contributed by atoms with Gasteiger partial charge in [-0.3, -0.25) is 14.4 Å². The van der Waals surface area contributed by atoms with Gasteiger partial charge >= 0.3 is 0 Å². The number of hydrazone groups is 1. The van der Waals surface area contributed by atoms with Gasteiger partial charge in [-0.05, 0) is 48.9 Å². The van der Waals surface area contributed by atoms with Gasteiger partial charge in [-0.25, -0.2) is 5.43 Å². The maximum atomic E-state index is 12.0. The summed E-state index contributed by atoms with van der Waals surface area (Å²) in [7, 11) is 1.52. The molecule has 2 aromatic carbocycles. The molecule has 0 bridgehead atoms. The Morgan fingerprint density at radius 3 is 2.35 bits per heavy atom. The van der Waals surface area contributed by atoms with Gasteiger partial charge in [-0.1, -0.05) is 17.7 Å². The van der Waals surface area contributed by atoms with Crippen LogP contribution < -0.4 is 20.8 Å². The van der Waals surface area contributed by atoms with E-state index in [-0.39, 0.29) is 18.9 Å². The highest BCUT2D eigenvalue weighted by molar-refractivity contribution is 5.97. The van der Waals surface area contributed by atoms with Crippen LogP contribution in [-0.4, -0.2) is 50.8 Å². The van der Waals surface area contributed by atoms with Crippen molar-refractivity contribution in [1.29, 1.82) is 0 Å². The molecule has 31 heavy (non-hydrogen) atoms. The fourth-order valence-electron chi connectivity index (χ4n) is 2.35. The number of benzene rings is 2. The van der Waals surface area contributed by atoms with E-state index in [0.29, 0.717) is 30.2 Å². The Kier molecular flexibility index (Phi) is 9.70. The van der Waals surface area contributed by atoms with Crippen LogP contribution in [0.5, 0.6) is 5.75 Å². The van der Waals surface area contributed by atoms with Crippen LogP contribution in [0.3, 0.4) is 0 Å². The number of rotatable bonds is 11. The number of hydrogen-bond acceptors (Lipinski definition) is 6. The van der Waals surface area contributed by atoms with E-state index in [1.54, 1.807) is 24.3 Å². The van der Waals surface area contributed by atoms with E-state index in [2.05, 4.69) is 21.2 Å². The molecule has 0 radical (unpaired) electrons. The molecule has 2 rings (SSSR count). The molecule has 2 aromatic rings. The molecule has 3 amide bonds. The minimum atomic E-state index is -0.522. The molecule has 0 aliphatic carbocycles. The molecule has 0 spiro atoms. The van der Waals surface area contributed by atoms with E-state index in [1.165, 1.54) is 13.3 Å². The van der Waals surface area contributed by atoms with E-state index < -0.39 is 11.8 Å². The summed E-state index contributed by atoms with van der Waals surface area (Å²) in [6.45, 7) is 2.57. The van der Waals surface area contributed by atoms with Gasteiger partial charge in [-0.15, -0.1) is 0 Å². The summed E-state index contributed by atoms with van der Waals surface area (Å²) >= 11 is 0. The van der Waals surface area contributed by atoms with Gasteiger partial charge in [0.2, 0.25) is 11.8 Å². The van der Waals surface area contributed by atoms with Crippen LogP contribution >= 0.6 is 0 Å². The lowest BCUT2D eigenvalue weighted by atomic mass is 10.2. The monoisotopic (exact) mass is 426 g/mol. The van der Waals surface area contributed by atoms with E-state index in [9.17, 15) is 14.4 Å². The number of anilines is 1. The molecule has 0 fully saturated rings. The van der Waals surface area contributed by atoms with Gasteiger partial charge in [0.1, 0.15) is 12.2 Å². The predicted octanol–water partition coefficient (Wildman–Crippen LogP) is 1.62. The second-order valence-electron chi connectivity index (χ2n) is 6.58. The van der Waals surface area contributed by atoms with Crippen LogP contribution in [0, 0.1) is 6.92 Å². The molecule has 0 aliphatic heterocycles. The highest BCUT2D eigenvalue weighted by Crippen LogP contribution is 2.12. The number of nitrogens with zero attached hydrogens (tertiary/aromatic N) is 1. The van der Waals surface area contributed by atoms with Gasteiger partial charge in [0.05, 0.1) is 12.8 Å². The second-order valence-corrected chi connectivity index (χ2v) is 6.58. The Morgan fingerprint density at radius 1 is 0.968 bits per heavy atom. The van der Waals surface area contributed by atoms with Gasteiger partial charge < -0.3 is 20.1 Å². The standard InChI is InChI=1S/C22H26N4O5/c1-16-3-7-18(8-4-16)25-22(29)15-31-19-9-5-17(6-10-19)14-24-26-21(28)13-20(27)23-11-12-30-2/h3-10,14H,11-13,15H2,1-2H3,(H,23,27)(H,25,29)(H,26,28)/b24-14+. The van der Waals surface area contributed by atoms with Gasteiger partial charge in [-0.2, -0.15) is 5.10 Å². The van der Waals surface area contributed by atoms with Crippen LogP contribution in [0.25, 0.3) is 0 Å². The third-order valence-electron chi connectivity index (χ3n) is 3.94. The minimum Gasteiger partial charge on any atom is -0.484 e. The lowest BCUT2D eigenvalue weighted by Crippen LogP contribution is -2.31. The number of ether oxygens (including phenoxy) is 2. The Bertz CT molecular complexity index is 895. The zero-order valence-electron chi connectivity index (χ0n) is 17.5. The van der Waals surface area contributed by atoms with Crippen molar-refractivity contribution in [3.05, 3.63) is 59.7 Å². The normalized spacial score (nSPS) is 10.5. The molecular formula is C22H26N4O5. The first-order valence-electron chi connectivity index (χ1n) is 9.63. The average Bonchev–Trinajstić information content (AvgIpc) is 2.75. The van der Waals surface area contributed by atoms with E-state index in [0.717, 1.165) is 5.56 Å². The Labute approximate surface area is 180 Å². The topological polar surface area (TPSA) is 118 Å². The van der Waals surface area contributed by atoms with Crippen LogP contribution in [0.15, 0.2) is 53.6 Å². The fraction of sp³-hybridized carbons (Fsp3) is 0.273. The molecule has 9 nitrogen and oxygen atoms in total. The quantitative estimate of drug-likeness (QED) is 0.218. The Balaban J connectivity index is 1.71. The number of aryl methyl sites for hydroxylation is 1. The van der Waals surface area contributed by atoms with Crippen LogP contribution in [0.1, 0.15) is 17.5 Å². The van der Waals surface area contributed by atoms with Crippen molar-refractivity contribution in [3.63, 3.8) is 0 Å². The average molecular weight is 426 g/mol. The predicted molar refractivity (Wildman–Crippen MR) is 117 cm³/mol. The number of amides is 3. The Hall–Kier alpha value is -3.72. The molecular weight excluding hydrogens is 400 g/mol. The summed E-state index contributed by atoms with van der Waals surface area (Å²) < 4.78 is 10.3. The van der Waals surface area contributed by atoms with Crippen molar-refractivity contribution in [2.45, 2.75) is 13.3 Å². The molecule has 0 aliphatic rings. The summed E-state index contributed by atoms with van der Waals surface area (Å²) in [5.41, 5.74) is 4.82. The first-order chi connectivity index (χ1) is 15.0. The summed E-state index contributed by atoms with van der Waals surface area (Å²) in [6.07, 6.45) is 1.12. The van der Waals surface area contributed by atoms with Gasteiger partial charge in [0, 0.05) is 19.3 Å². The zero-order valence-corrected chi connectivity index (χ0v) is 17.5. The number of methoxy groups -OCH3 is 1. The molecule has 0 atom stereocenters. The van der Waals surface area contributed by atoms with Crippen molar-refractivity contribution in [2.24, 2.45) is 5.10 Å². The van der Waals surface area contributed by atoms with Crippen molar-refractivity contribution in [3.8, 4) is 5.75 Å². The Morgan fingerprint density at radius 2 is 1.68 bits per heavy atom. The third-order valence-corrected chi connectivity index (χ3v) is 3.94. The first-order valence-corrected chi connectivity index (χ1v) is 9.63. The number of carbonyl (C=O) groups excluding carboxylic acids is 3. The molecule has 0 aromatic heterocycles. The smallest absolute Gasteiger partial charge is 0.262 e. The lowest BCUT2D eigenvalue weighted by Gasteiger charge is -2.08. The summed E-state index contributed by atoms with van der Waals surface area (Å²) in [5.74, 6) is -0.667. The van der Waals surface area contributed by atoms with E-state index in [4.69, 9.17) is 9.47 Å². The highest BCUT2D eigenvalue weighted by Gasteiger charge is 2.07. The summed E-state index contributed by atoms with van der Waals surface area (Å²) in [4.78, 5) is 35.1. The summed E-state index contributed by atoms with van der Waals surface area (Å²) in [5, 5.41) is 9.12. The third kappa shape index (κ3) is 9.55. The van der Waals surface area contributed by atoms with E-state index >= 15 is 0 Å². The number of carbonyl (C=O) groups is 3. The van der Waals surface area contributed by atoms with E-state index in [1.807, 2.05) is 31.2 Å². The molecule has 0 heterocycles. The van der Waals surface area contributed by atoms with Crippen molar-refractivity contribution in [1.82, 2.24) is 10.7 Å². The lowest BCUT2D eigenvalue weighted by molar-refractivity contribution is -0.129. The number of nitrogens with one attached hydrogen (secondary N) is 3. The molecule has 164 valence electrons. The fourth-order valence-corrected chi connectivity index (χ4v) is 2.35. The molecule has 3 N–H and O–H groups in total. The SMILES string of the molecule is COCCNC(=O)CC(=O)N/N=C/c1ccc(OCC(=O)Nc2ccc(C)cc2)cc1. The molecule has 9 heteroatoms. The maximum absolute atomic E-state index is 12.0. The van der Waals surface area contributed by atoms with Crippen LogP contribution in [0.2, 0.25) is 0 Å². The van der Waals surface area contributed by atoms with Crippen molar-refractivity contribution >= 4 is 29.6 Å². The van der Waals surface area contributed by atoms with Gasteiger partial charge in [0.25, 0.3) is 5.91 Å². The van der Waals surface area contributed by atoms with Crippen molar-refractivity contribution in [2.75, 3.05) is 32.2 Å². The van der Waals surface area contributed by atoms with Crippen LogP contribution in [-0.2, 0) is 19.1 Å². The molecule has 0 saturated heterocycles. The van der Waals surface area contributed by atoms with Crippen molar-refractivity contribution < 1.29 is 23.9 Å². The largest absolute Gasteiger partial charge is 0.484 e.